The number of carbonyl (C=O) groups excluding carboxylic acids is 1. The Hall–Kier alpha value is -1.56. The van der Waals surface area contributed by atoms with Crippen molar-refractivity contribution in [3.05, 3.63) is 57.7 Å². The van der Waals surface area contributed by atoms with Crippen LogP contribution in [0.1, 0.15) is 10.4 Å². The zero-order chi connectivity index (χ0) is 13.8. The monoisotopic (exact) mass is 366 g/mol. The van der Waals surface area contributed by atoms with Crippen LogP contribution in [0.5, 0.6) is 0 Å². The standard InChI is InChI=1S/C15H15IN2O/c1-18(2)14-6-4-3-5-13(14)17-15(19)11-7-9-12(16)10-8-11/h3-10H,1-2H3,(H,17,19). The van der Waals surface area contributed by atoms with Gasteiger partial charge in [0, 0.05) is 23.2 Å². The maximum absolute atomic E-state index is 12.2. The van der Waals surface area contributed by atoms with Gasteiger partial charge in [0.2, 0.25) is 0 Å². The van der Waals surface area contributed by atoms with Crippen molar-refractivity contribution < 1.29 is 4.79 Å². The van der Waals surface area contributed by atoms with Gasteiger partial charge < -0.3 is 10.2 Å². The number of amides is 1. The molecule has 2 aromatic carbocycles. The van der Waals surface area contributed by atoms with E-state index in [-0.39, 0.29) is 5.91 Å². The number of hydrogen-bond acceptors (Lipinski definition) is 2. The van der Waals surface area contributed by atoms with Crippen LogP contribution in [0.2, 0.25) is 0 Å². The van der Waals surface area contributed by atoms with Gasteiger partial charge in [-0.05, 0) is 59.0 Å². The predicted octanol–water partition coefficient (Wildman–Crippen LogP) is 3.61. The van der Waals surface area contributed by atoms with Crippen LogP contribution < -0.4 is 10.2 Å². The van der Waals surface area contributed by atoms with Crippen LogP contribution in [-0.2, 0) is 0 Å². The van der Waals surface area contributed by atoms with E-state index < -0.39 is 0 Å². The van der Waals surface area contributed by atoms with Gasteiger partial charge in [-0.1, -0.05) is 12.1 Å². The van der Waals surface area contributed by atoms with Gasteiger partial charge >= 0.3 is 0 Å². The molecule has 0 atom stereocenters. The number of carbonyl (C=O) groups is 1. The minimum absolute atomic E-state index is 0.0919. The van der Waals surface area contributed by atoms with Crippen molar-refractivity contribution in [1.29, 1.82) is 0 Å². The first-order valence-corrected chi connectivity index (χ1v) is 6.99. The first-order valence-electron chi connectivity index (χ1n) is 5.91. The van der Waals surface area contributed by atoms with E-state index in [1.165, 1.54) is 0 Å². The summed E-state index contributed by atoms with van der Waals surface area (Å²) in [6, 6.07) is 15.3. The van der Waals surface area contributed by atoms with E-state index in [0.29, 0.717) is 5.56 Å². The zero-order valence-electron chi connectivity index (χ0n) is 10.9. The first kappa shape index (κ1) is 13.9. The second-order valence-corrected chi connectivity index (χ2v) is 5.62. The molecule has 0 heterocycles. The van der Waals surface area contributed by atoms with Gasteiger partial charge in [-0.15, -0.1) is 0 Å². The summed E-state index contributed by atoms with van der Waals surface area (Å²) >= 11 is 2.22. The molecule has 0 fully saturated rings. The Morgan fingerprint density at radius 2 is 1.68 bits per heavy atom. The van der Waals surface area contributed by atoms with E-state index in [9.17, 15) is 4.79 Å². The summed E-state index contributed by atoms with van der Waals surface area (Å²) in [6.07, 6.45) is 0. The third kappa shape index (κ3) is 3.47. The molecule has 0 saturated carbocycles. The van der Waals surface area contributed by atoms with Crippen LogP contribution in [0.15, 0.2) is 48.5 Å². The lowest BCUT2D eigenvalue weighted by Crippen LogP contribution is -2.16. The van der Waals surface area contributed by atoms with Crippen molar-refractivity contribution in [3.8, 4) is 0 Å². The molecular formula is C15H15IN2O. The van der Waals surface area contributed by atoms with Crippen LogP contribution in [0.4, 0.5) is 11.4 Å². The molecule has 0 aliphatic heterocycles. The lowest BCUT2D eigenvalue weighted by molar-refractivity contribution is 0.102. The Kier molecular flexibility index (Phi) is 4.42. The molecule has 0 saturated heterocycles. The lowest BCUT2D eigenvalue weighted by Gasteiger charge is -2.17. The molecule has 0 aromatic heterocycles. The number of nitrogens with zero attached hydrogens (tertiary/aromatic N) is 1. The van der Waals surface area contributed by atoms with Crippen LogP contribution in [0.25, 0.3) is 0 Å². The summed E-state index contributed by atoms with van der Waals surface area (Å²) in [5.74, 6) is -0.0919. The Bertz CT molecular complexity index is 579. The van der Waals surface area contributed by atoms with Crippen molar-refractivity contribution in [1.82, 2.24) is 0 Å². The molecule has 3 nitrogen and oxygen atoms in total. The highest BCUT2D eigenvalue weighted by molar-refractivity contribution is 14.1. The number of benzene rings is 2. The lowest BCUT2D eigenvalue weighted by atomic mass is 10.2. The molecule has 0 bridgehead atoms. The summed E-state index contributed by atoms with van der Waals surface area (Å²) in [5.41, 5.74) is 2.46. The molecule has 2 aromatic rings. The van der Waals surface area contributed by atoms with Crippen molar-refractivity contribution >= 4 is 39.9 Å². The molecule has 0 aliphatic carbocycles. The largest absolute Gasteiger partial charge is 0.376 e. The highest BCUT2D eigenvalue weighted by Crippen LogP contribution is 2.24. The number of anilines is 2. The normalized spacial score (nSPS) is 10.1. The molecule has 19 heavy (non-hydrogen) atoms. The van der Waals surface area contributed by atoms with Gasteiger partial charge in [-0.2, -0.15) is 0 Å². The van der Waals surface area contributed by atoms with Crippen LogP contribution in [0.3, 0.4) is 0 Å². The fourth-order valence-corrected chi connectivity index (χ4v) is 2.12. The molecule has 1 N–H and O–H groups in total. The second kappa shape index (κ2) is 6.06. The van der Waals surface area contributed by atoms with Gasteiger partial charge in [-0.25, -0.2) is 0 Å². The first-order chi connectivity index (χ1) is 9.08. The Labute approximate surface area is 126 Å². The van der Waals surface area contributed by atoms with Crippen molar-refractivity contribution in [2.24, 2.45) is 0 Å². The number of hydrogen-bond donors (Lipinski definition) is 1. The highest BCUT2D eigenvalue weighted by Gasteiger charge is 2.09. The summed E-state index contributed by atoms with van der Waals surface area (Å²) in [7, 11) is 3.91. The Morgan fingerprint density at radius 1 is 1.05 bits per heavy atom. The van der Waals surface area contributed by atoms with E-state index in [1.54, 1.807) is 0 Å². The minimum Gasteiger partial charge on any atom is -0.376 e. The maximum Gasteiger partial charge on any atom is 0.255 e. The van der Waals surface area contributed by atoms with E-state index in [0.717, 1.165) is 14.9 Å². The van der Waals surface area contributed by atoms with Gasteiger partial charge in [0.05, 0.1) is 11.4 Å². The third-order valence-electron chi connectivity index (χ3n) is 2.74. The summed E-state index contributed by atoms with van der Waals surface area (Å²) in [4.78, 5) is 14.1. The molecule has 0 unspecified atom stereocenters. The van der Waals surface area contributed by atoms with E-state index in [4.69, 9.17) is 0 Å². The van der Waals surface area contributed by atoms with Crippen LogP contribution in [-0.4, -0.2) is 20.0 Å². The number of para-hydroxylation sites is 2. The van der Waals surface area contributed by atoms with Gasteiger partial charge in [0.1, 0.15) is 0 Å². The summed E-state index contributed by atoms with van der Waals surface area (Å²) in [6.45, 7) is 0. The minimum atomic E-state index is -0.0919. The second-order valence-electron chi connectivity index (χ2n) is 4.37. The number of nitrogens with one attached hydrogen (secondary N) is 1. The Balaban J connectivity index is 2.22. The molecule has 2 rings (SSSR count). The van der Waals surface area contributed by atoms with Crippen molar-refractivity contribution in [3.63, 3.8) is 0 Å². The molecule has 4 heteroatoms. The third-order valence-corrected chi connectivity index (χ3v) is 3.46. The average Bonchev–Trinajstić information content (AvgIpc) is 2.39. The predicted molar refractivity (Wildman–Crippen MR) is 87.9 cm³/mol. The molecule has 0 spiro atoms. The van der Waals surface area contributed by atoms with Crippen LogP contribution >= 0.6 is 22.6 Å². The fourth-order valence-electron chi connectivity index (χ4n) is 1.77. The quantitative estimate of drug-likeness (QED) is 0.842. The SMILES string of the molecule is CN(C)c1ccccc1NC(=O)c1ccc(I)cc1. The smallest absolute Gasteiger partial charge is 0.255 e. The zero-order valence-corrected chi connectivity index (χ0v) is 13.0. The molecule has 0 aliphatic rings. The number of halogens is 1. The topological polar surface area (TPSA) is 32.3 Å². The van der Waals surface area contributed by atoms with Gasteiger partial charge in [0.25, 0.3) is 5.91 Å². The van der Waals surface area contributed by atoms with Crippen LogP contribution in [0, 0.1) is 3.57 Å². The molecule has 0 radical (unpaired) electrons. The summed E-state index contributed by atoms with van der Waals surface area (Å²) < 4.78 is 1.11. The van der Waals surface area contributed by atoms with E-state index in [1.807, 2.05) is 67.5 Å². The average molecular weight is 366 g/mol. The Morgan fingerprint density at radius 3 is 2.32 bits per heavy atom. The van der Waals surface area contributed by atoms with Gasteiger partial charge in [-0.3, -0.25) is 4.79 Å². The number of rotatable bonds is 3. The fraction of sp³-hybridized carbons (Fsp3) is 0.133. The summed E-state index contributed by atoms with van der Waals surface area (Å²) in [5, 5.41) is 2.94. The highest BCUT2D eigenvalue weighted by atomic mass is 127. The van der Waals surface area contributed by atoms with Gasteiger partial charge in [0.15, 0.2) is 0 Å². The molecule has 1 amide bonds. The molecular weight excluding hydrogens is 351 g/mol. The molecule has 98 valence electrons. The maximum atomic E-state index is 12.2. The van der Waals surface area contributed by atoms with E-state index >= 15 is 0 Å². The van der Waals surface area contributed by atoms with Crippen molar-refractivity contribution in [2.45, 2.75) is 0 Å². The van der Waals surface area contributed by atoms with Crippen molar-refractivity contribution in [2.75, 3.05) is 24.3 Å². The van der Waals surface area contributed by atoms with E-state index in [2.05, 4.69) is 27.9 Å².